The fourth-order valence-electron chi connectivity index (χ4n) is 4.24. The van der Waals surface area contributed by atoms with Crippen LogP contribution in [0.4, 0.5) is 4.39 Å². The molecule has 2 fully saturated rings. The molecule has 186 valence electrons. The van der Waals surface area contributed by atoms with Gasteiger partial charge >= 0.3 is 0 Å². The molecule has 1 amide bonds. The van der Waals surface area contributed by atoms with E-state index in [1.807, 2.05) is 37.0 Å². The smallest absolute Gasteiger partial charge is 0.222 e. The number of aromatic nitrogens is 6. The Balaban J connectivity index is 0.000000280. The van der Waals surface area contributed by atoms with E-state index >= 15 is 0 Å². The van der Waals surface area contributed by atoms with Crippen LogP contribution in [0.2, 0.25) is 5.02 Å². The molecule has 10 heteroatoms. The van der Waals surface area contributed by atoms with E-state index in [4.69, 9.17) is 11.6 Å². The van der Waals surface area contributed by atoms with Crippen molar-refractivity contribution in [2.45, 2.75) is 51.5 Å². The average molecular weight is 508 g/mol. The summed E-state index contributed by atoms with van der Waals surface area (Å²) in [4.78, 5) is 31.9. The highest BCUT2D eigenvalue weighted by atomic mass is 35.5. The first-order valence-electron chi connectivity index (χ1n) is 12.0. The number of halogens is 2. The van der Waals surface area contributed by atoms with E-state index in [2.05, 4.69) is 25.0 Å². The summed E-state index contributed by atoms with van der Waals surface area (Å²) in [6, 6.07) is 7.18. The second-order valence-electron chi connectivity index (χ2n) is 9.35. The Labute approximate surface area is 213 Å². The molecule has 36 heavy (non-hydrogen) atoms. The van der Waals surface area contributed by atoms with Crippen LogP contribution in [-0.4, -0.2) is 54.1 Å². The fraction of sp³-hybridized carbons (Fsp3) is 0.385. The summed E-state index contributed by atoms with van der Waals surface area (Å²) in [5, 5.41) is 4.41. The molecule has 1 saturated heterocycles. The molecule has 4 aromatic rings. The van der Waals surface area contributed by atoms with Gasteiger partial charge in [0.25, 0.3) is 0 Å². The minimum atomic E-state index is -0.477. The third-order valence-electron chi connectivity index (χ3n) is 6.58. The van der Waals surface area contributed by atoms with Gasteiger partial charge in [-0.25, -0.2) is 24.3 Å². The molecule has 3 aromatic heterocycles. The molecule has 1 aliphatic heterocycles. The third kappa shape index (κ3) is 5.06. The monoisotopic (exact) mass is 507 g/mol. The van der Waals surface area contributed by atoms with E-state index < -0.39 is 5.82 Å². The molecule has 1 aromatic carbocycles. The van der Waals surface area contributed by atoms with E-state index in [1.165, 1.54) is 18.9 Å². The summed E-state index contributed by atoms with van der Waals surface area (Å²) >= 11 is 5.91. The largest absolute Gasteiger partial charge is 0.345 e. The van der Waals surface area contributed by atoms with Gasteiger partial charge < -0.3 is 4.90 Å². The van der Waals surface area contributed by atoms with Crippen molar-refractivity contribution in [1.82, 2.24) is 34.6 Å². The standard InChI is InChI=1S/C20H19ClFN5O.C6H8N2/c1-10-11(2)24-20-18(23-10)17(14-6-5-13(21)8-15(14)22)25-19(26-20)12-4-7-16(28)27(3)9-12;1-4-7-8(5-1)6-2-3-6/h5-6,8,12H,4,7,9H2,1-3H3;1,4-6H,2-3H2. The molecule has 1 saturated carbocycles. The van der Waals surface area contributed by atoms with E-state index in [9.17, 15) is 9.18 Å². The Morgan fingerprint density at radius 3 is 2.50 bits per heavy atom. The maximum absolute atomic E-state index is 14.7. The van der Waals surface area contributed by atoms with Gasteiger partial charge in [0.1, 0.15) is 22.9 Å². The lowest BCUT2D eigenvalue weighted by Crippen LogP contribution is -2.36. The van der Waals surface area contributed by atoms with E-state index in [0.717, 1.165) is 17.4 Å². The lowest BCUT2D eigenvalue weighted by molar-refractivity contribution is -0.132. The number of benzene rings is 1. The van der Waals surface area contributed by atoms with Crippen LogP contribution in [0.1, 0.15) is 54.9 Å². The zero-order valence-electron chi connectivity index (χ0n) is 20.4. The highest BCUT2D eigenvalue weighted by Gasteiger charge is 2.28. The van der Waals surface area contributed by atoms with Crippen molar-refractivity contribution in [3.05, 3.63) is 64.7 Å². The molecule has 6 rings (SSSR count). The fourth-order valence-corrected chi connectivity index (χ4v) is 4.40. The SMILES string of the molecule is Cc1nc2nc(C3CCC(=O)N(C)C3)nc(-c3ccc(Cl)cc3F)c2nc1C.c1cnn(C2CC2)c1. The van der Waals surface area contributed by atoms with Crippen molar-refractivity contribution in [2.75, 3.05) is 13.6 Å². The second-order valence-corrected chi connectivity index (χ2v) is 9.78. The minimum Gasteiger partial charge on any atom is -0.345 e. The summed E-state index contributed by atoms with van der Waals surface area (Å²) in [6.45, 7) is 4.23. The van der Waals surface area contributed by atoms with Crippen LogP contribution < -0.4 is 0 Å². The molecular formula is C26H27ClFN7O. The third-order valence-corrected chi connectivity index (χ3v) is 6.82. The van der Waals surface area contributed by atoms with Crippen LogP contribution in [0.3, 0.4) is 0 Å². The summed E-state index contributed by atoms with van der Waals surface area (Å²) in [7, 11) is 1.77. The predicted octanol–water partition coefficient (Wildman–Crippen LogP) is 5.05. The van der Waals surface area contributed by atoms with Gasteiger partial charge in [0.2, 0.25) is 5.91 Å². The van der Waals surface area contributed by atoms with Gasteiger partial charge in [0.15, 0.2) is 5.65 Å². The molecule has 1 unspecified atom stereocenters. The molecule has 0 N–H and O–H groups in total. The van der Waals surface area contributed by atoms with E-state index in [1.54, 1.807) is 24.1 Å². The number of carbonyl (C=O) groups is 1. The van der Waals surface area contributed by atoms with Crippen molar-refractivity contribution < 1.29 is 9.18 Å². The maximum Gasteiger partial charge on any atom is 0.222 e. The van der Waals surface area contributed by atoms with Crippen LogP contribution in [0.25, 0.3) is 22.4 Å². The van der Waals surface area contributed by atoms with Crippen molar-refractivity contribution in [3.8, 4) is 11.3 Å². The summed E-state index contributed by atoms with van der Waals surface area (Å²) in [6.07, 6.45) is 7.58. The predicted molar refractivity (Wildman–Crippen MR) is 135 cm³/mol. The van der Waals surface area contributed by atoms with Crippen LogP contribution in [0, 0.1) is 19.7 Å². The number of hydrogen-bond acceptors (Lipinski definition) is 6. The second kappa shape index (κ2) is 9.89. The maximum atomic E-state index is 14.7. The minimum absolute atomic E-state index is 0.0374. The van der Waals surface area contributed by atoms with Gasteiger partial charge in [-0.3, -0.25) is 9.48 Å². The molecule has 2 aliphatic rings. The molecule has 1 atom stereocenters. The quantitative estimate of drug-likeness (QED) is 0.385. The van der Waals surface area contributed by atoms with Crippen molar-refractivity contribution in [2.24, 2.45) is 0 Å². The molecule has 0 radical (unpaired) electrons. The van der Waals surface area contributed by atoms with Gasteiger partial charge in [-0.05, 0) is 57.4 Å². The number of fused-ring (bicyclic) bond motifs is 1. The Morgan fingerprint density at radius 1 is 1.06 bits per heavy atom. The summed E-state index contributed by atoms with van der Waals surface area (Å²) in [5.74, 6) is 0.139. The number of nitrogens with zero attached hydrogens (tertiary/aromatic N) is 7. The lowest BCUT2D eigenvalue weighted by Gasteiger charge is -2.28. The Bertz CT molecular complexity index is 1420. The Hall–Kier alpha value is -3.46. The molecule has 0 bridgehead atoms. The normalized spacial score (nSPS) is 17.8. The molecular weight excluding hydrogens is 481 g/mol. The van der Waals surface area contributed by atoms with Gasteiger partial charge in [0.05, 0.1) is 17.4 Å². The Morgan fingerprint density at radius 2 is 1.83 bits per heavy atom. The number of aryl methyl sites for hydroxylation is 2. The molecule has 8 nitrogen and oxygen atoms in total. The van der Waals surface area contributed by atoms with Gasteiger partial charge in [-0.15, -0.1) is 0 Å². The van der Waals surface area contributed by atoms with E-state index in [0.29, 0.717) is 52.7 Å². The number of amides is 1. The summed E-state index contributed by atoms with van der Waals surface area (Å²) < 4.78 is 16.7. The van der Waals surface area contributed by atoms with Gasteiger partial charge in [-0.1, -0.05) is 11.6 Å². The van der Waals surface area contributed by atoms with Crippen molar-refractivity contribution >= 4 is 28.7 Å². The van der Waals surface area contributed by atoms with Crippen LogP contribution in [0.15, 0.2) is 36.7 Å². The average Bonchev–Trinajstić information content (AvgIpc) is 3.55. The van der Waals surface area contributed by atoms with Crippen LogP contribution in [-0.2, 0) is 4.79 Å². The van der Waals surface area contributed by atoms with Crippen molar-refractivity contribution in [3.63, 3.8) is 0 Å². The Kier molecular flexibility index (Phi) is 6.66. The first-order chi connectivity index (χ1) is 17.3. The lowest BCUT2D eigenvalue weighted by atomic mass is 9.96. The number of likely N-dealkylation sites (tertiary alicyclic amines) is 1. The van der Waals surface area contributed by atoms with E-state index in [-0.39, 0.29) is 11.8 Å². The van der Waals surface area contributed by atoms with Gasteiger partial charge in [0, 0.05) is 48.9 Å². The number of carbonyl (C=O) groups excluding carboxylic acids is 1. The topological polar surface area (TPSA) is 89.7 Å². The number of hydrogen-bond donors (Lipinski definition) is 0. The number of piperidine rings is 1. The molecule has 4 heterocycles. The highest BCUT2D eigenvalue weighted by Crippen LogP contribution is 2.34. The molecule has 1 aliphatic carbocycles. The molecule has 0 spiro atoms. The first kappa shape index (κ1) is 24.2. The van der Waals surface area contributed by atoms with Crippen LogP contribution >= 0.6 is 11.6 Å². The highest BCUT2D eigenvalue weighted by molar-refractivity contribution is 6.30. The zero-order chi connectivity index (χ0) is 25.4. The van der Waals surface area contributed by atoms with Crippen LogP contribution in [0.5, 0.6) is 0 Å². The van der Waals surface area contributed by atoms with Crippen molar-refractivity contribution in [1.29, 1.82) is 0 Å². The van der Waals surface area contributed by atoms with Gasteiger partial charge in [-0.2, -0.15) is 5.10 Å². The number of likely N-dealkylation sites (N-methyl/N-ethyl adjacent to an activating group) is 1. The summed E-state index contributed by atoms with van der Waals surface area (Å²) in [5.41, 5.74) is 3.07. The zero-order valence-corrected chi connectivity index (χ0v) is 21.2. The number of rotatable bonds is 3. The first-order valence-corrected chi connectivity index (χ1v) is 12.4.